The molecular formula is C17H24FNO. The van der Waals surface area contributed by atoms with E-state index >= 15 is 0 Å². The van der Waals surface area contributed by atoms with Crippen molar-refractivity contribution in [2.24, 2.45) is 5.41 Å². The van der Waals surface area contributed by atoms with Gasteiger partial charge < -0.3 is 10.0 Å². The Morgan fingerprint density at radius 3 is 2.50 bits per heavy atom. The summed E-state index contributed by atoms with van der Waals surface area (Å²) < 4.78 is 13.9. The summed E-state index contributed by atoms with van der Waals surface area (Å²) >= 11 is 0. The number of benzene rings is 1. The molecule has 0 spiro atoms. The van der Waals surface area contributed by atoms with E-state index in [2.05, 4.69) is 31.7 Å². The molecule has 1 aliphatic heterocycles. The molecule has 110 valence electrons. The Kier molecular flexibility index (Phi) is 4.19. The second-order valence-electron chi connectivity index (χ2n) is 6.52. The molecule has 1 atom stereocenters. The zero-order valence-corrected chi connectivity index (χ0v) is 12.8. The summed E-state index contributed by atoms with van der Waals surface area (Å²) in [6.45, 7) is 9.91. The van der Waals surface area contributed by atoms with Crippen molar-refractivity contribution in [2.45, 2.75) is 40.2 Å². The van der Waals surface area contributed by atoms with Crippen molar-refractivity contribution in [1.82, 2.24) is 0 Å². The molecule has 0 radical (unpaired) electrons. The van der Waals surface area contributed by atoms with Crippen molar-refractivity contribution in [2.75, 3.05) is 18.0 Å². The molecule has 0 saturated carbocycles. The summed E-state index contributed by atoms with van der Waals surface area (Å²) in [7, 11) is 0. The maximum absolute atomic E-state index is 13.9. The van der Waals surface area contributed by atoms with E-state index < -0.39 is 6.10 Å². The summed E-state index contributed by atoms with van der Waals surface area (Å²) in [4.78, 5) is 2.14. The van der Waals surface area contributed by atoms with Crippen LogP contribution < -0.4 is 4.90 Å². The maximum Gasteiger partial charge on any atom is 0.131 e. The van der Waals surface area contributed by atoms with E-state index in [4.69, 9.17) is 0 Å². The Balaban J connectivity index is 2.28. The van der Waals surface area contributed by atoms with E-state index in [1.54, 1.807) is 13.0 Å². The number of nitrogens with zero attached hydrogens (tertiary/aromatic N) is 1. The molecule has 1 aromatic rings. The predicted octanol–water partition coefficient (Wildman–Crippen LogP) is 4.06. The highest BCUT2D eigenvalue weighted by Crippen LogP contribution is 2.34. The van der Waals surface area contributed by atoms with Gasteiger partial charge in [0.1, 0.15) is 5.82 Å². The number of aliphatic hydroxyl groups is 1. The highest BCUT2D eigenvalue weighted by Gasteiger charge is 2.24. The number of hydrogen-bond acceptors (Lipinski definition) is 2. The smallest absolute Gasteiger partial charge is 0.131 e. The third-order valence-corrected chi connectivity index (χ3v) is 3.96. The predicted molar refractivity (Wildman–Crippen MR) is 81.4 cm³/mol. The first kappa shape index (κ1) is 15.0. The Morgan fingerprint density at radius 1 is 1.30 bits per heavy atom. The molecule has 1 heterocycles. The van der Waals surface area contributed by atoms with E-state index in [0.29, 0.717) is 5.56 Å². The van der Waals surface area contributed by atoms with Crippen molar-refractivity contribution >= 4 is 5.69 Å². The quantitative estimate of drug-likeness (QED) is 0.824. The molecule has 0 aliphatic carbocycles. The van der Waals surface area contributed by atoms with Gasteiger partial charge in [0, 0.05) is 24.3 Å². The number of aliphatic hydroxyl groups excluding tert-OH is 1. The topological polar surface area (TPSA) is 23.5 Å². The zero-order chi connectivity index (χ0) is 14.9. The first-order valence-corrected chi connectivity index (χ1v) is 7.21. The van der Waals surface area contributed by atoms with Gasteiger partial charge in [0.15, 0.2) is 0 Å². The molecule has 0 unspecified atom stereocenters. The number of hydrogen-bond donors (Lipinski definition) is 1. The summed E-state index contributed by atoms with van der Waals surface area (Å²) in [6, 6.07) is 5.01. The lowest BCUT2D eigenvalue weighted by Gasteiger charge is -2.34. The Morgan fingerprint density at radius 2 is 2.00 bits per heavy atom. The van der Waals surface area contributed by atoms with Gasteiger partial charge in [-0.05, 0) is 30.9 Å². The third-order valence-electron chi connectivity index (χ3n) is 3.96. The molecule has 1 aromatic carbocycles. The summed E-state index contributed by atoms with van der Waals surface area (Å²) in [6.07, 6.45) is 2.43. The van der Waals surface area contributed by atoms with Crippen LogP contribution in [0, 0.1) is 11.2 Å². The molecule has 1 N–H and O–H groups in total. The van der Waals surface area contributed by atoms with E-state index in [1.165, 1.54) is 11.6 Å². The highest BCUT2D eigenvalue weighted by molar-refractivity contribution is 5.56. The first-order chi connectivity index (χ1) is 9.30. The molecule has 0 amide bonds. The van der Waals surface area contributed by atoms with Crippen LogP contribution in [0.15, 0.2) is 29.8 Å². The minimum absolute atomic E-state index is 0.196. The number of anilines is 1. The fourth-order valence-electron chi connectivity index (χ4n) is 2.78. The second kappa shape index (κ2) is 5.57. The molecule has 1 aliphatic rings. The fourth-order valence-corrected chi connectivity index (χ4v) is 2.78. The van der Waals surface area contributed by atoms with Crippen LogP contribution in [0.25, 0.3) is 0 Å². The Bertz CT molecular complexity index is 514. The van der Waals surface area contributed by atoms with E-state index in [0.717, 1.165) is 25.2 Å². The van der Waals surface area contributed by atoms with E-state index in [-0.39, 0.29) is 11.2 Å². The molecule has 0 saturated heterocycles. The van der Waals surface area contributed by atoms with Crippen molar-refractivity contribution < 1.29 is 9.50 Å². The summed E-state index contributed by atoms with van der Waals surface area (Å²) in [5.41, 5.74) is 2.86. The van der Waals surface area contributed by atoms with Crippen LogP contribution in [0.2, 0.25) is 0 Å². The largest absolute Gasteiger partial charge is 0.389 e. The average Bonchev–Trinajstić information content (AvgIpc) is 2.37. The zero-order valence-electron chi connectivity index (χ0n) is 12.8. The lowest BCUT2D eigenvalue weighted by molar-refractivity contribution is 0.194. The van der Waals surface area contributed by atoms with Gasteiger partial charge in [-0.1, -0.05) is 38.5 Å². The second-order valence-corrected chi connectivity index (χ2v) is 6.52. The third kappa shape index (κ3) is 3.04. The minimum Gasteiger partial charge on any atom is -0.389 e. The normalized spacial score (nSPS) is 17.9. The SMILES string of the molecule is C[C@H](O)c1c(F)cccc1N1CC=C(C(C)(C)C)CC1. The monoisotopic (exact) mass is 277 g/mol. The fraction of sp³-hybridized carbons (Fsp3) is 0.529. The van der Waals surface area contributed by atoms with E-state index in [9.17, 15) is 9.50 Å². The van der Waals surface area contributed by atoms with Crippen molar-refractivity contribution in [3.8, 4) is 0 Å². The maximum atomic E-state index is 13.9. The molecule has 0 aromatic heterocycles. The summed E-state index contributed by atoms with van der Waals surface area (Å²) in [5.74, 6) is -0.330. The number of halogens is 1. The van der Waals surface area contributed by atoms with Gasteiger partial charge in [-0.3, -0.25) is 0 Å². The standard InChI is InChI=1S/C17H24FNO/c1-12(20)16-14(18)6-5-7-15(16)19-10-8-13(9-11-19)17(2,3)4/h5-8,12,20H,9-11H2,1-4H3/t12-/m0/s1. The summed E-state index contributed by atoms with van der Waals surface area (Å²) in [5, 5.41) is 9.82. The van der Waals surface area contributed by atoms with Crippen LogP contribution >= 0.6 is 0 Å². The Hall–Kier alpha value is -1.35. The van der Waals surface area contributed by atoms with E-state index in [1.807, 2.05) is 6.07 Å². The van der Waals surface area contributed by atoms with Crippen LogP contribution in [-0.4, -0.2) is 18.2 Å². The lowest BCUT2D eigenvalue weighted by atomic mass is 9.83. The molecule has 0 fully saturated rings. The molecular weight excluding hydrogens is 253 g/mol. The Labute approximate surface area is 120 Å². The van der Waals surface area contributed by atoms with Crippen molar-refractivity contribution in [3.63, 3.8) is 0 Å². The van der Waals surface area contributed by atoms with Gasteiger partial charge in [0.2, 0.25) is 0 Å². The van der Waals surface area contributed by atoms with Crippen molar-refractivity contribution in [3.05, 3.63) is 41.2 Å². The molecule has 20 heavy (non-hydrogen) atoms. The van der Waals surface area contributed by atoms with Gasteiger partial charge >= 0.3 is 0 Å². The lowest BCUT2D eigenvalue weighted by Crippen LogP contribution is -2.32. The van der Waals surface area contributed by atoms with Crippen LogP contribution in [-0.2, 0) is 0 Å². The highest BCUT2D eigenvalue weighted by atomic mass is 19.1. The molecule has 2 rings (SSSR count). The van der Waals surface area contributed by atoms with Gasteiger partial charge in [-0.25, -0.2) is 4.39 Å². The van der Waals surface area contributed by atoms with Gasteiger partial charge in [0.25, 0.3) is 0 Å². The van der Waals surface area contributed by atoms with Crippen molar-refractivity contribution in [1.29, 1.82) is 0 Å². The molecule has 0 bridgehead atoms. The number of rotatable bonds is 2. The van der Waals surface area contributed by atoms with Gasteiger partial charge in [-0.2, -0.15) is 0 Å². The van der Waals surface area contributed by atoms with Gasteiger partial charge in [-0.15, -0.1) is 0 Å². The van der Waals surface area contributed by atoms with Crippen LogP contribution in [0.1, 0.15) is 45.8 Å². The first-order valence-electron chi connectivity index (χ1n) is 7.21. The average molecular weight is 277 g/mol. The van der Waals surface area contributed by atoms with Crippen LogP contribution in [0.5, 0.6) is 0 Å². The molecule has 3 heteroatoms. The van der Waals surface area contributed by atoms with Crippen LogP contribution in [0.4, 0.5) is 10.1 Å². The molecule has 2 nitrogen and oxygen atoms in total. The minimum atomic E-state index is -0.792. The van der Waals surface area contributed by atoms with Crippen LogP contribution in [0.3, 0.4) is 0 Å². The van der Waals surface area contributed by atoms with Gasteiger partial charge in [0.05, 0.1) is 6.10 Å².